The Labute approximate surface area is 88.2 Å². The Morgan fingerprint density at radius 3 is 2.87 bits per heavy atom. The van der Waals surface area contributed by atoms with Crippen molar-refractivity contribution in [2.24, 2.45) is 5.73 Å². The van der Waals surface area contributed by atoms with Crippen molar-refractivity contribution in [1.82, 2.24) is 0 Å². The van der Waals surface area contributed by atoms with Crippen LogP contribution in [-0.2, 0) is 4.79 Å². The largest absolute Gasteiger partial charge is 0.495 e. The first-order valence-electron chi connectivity index (χ1n) is 4.34. The van der Waals surface area contributed by atoms with E-state index in [1.807, 2.05) is 0 Å². The van der Waals surface area contributed by atoms with Gasteiger partial charge in [-0.1, -0.05) is 11.8 Å². The lowest BCUT2D eigenvalue weighted by atomic mass is 10.2. The second kappa shape index (κ2) is 4.91. The van der Waals surface area contributed by atoms with Crippen molar-refractivity contribution >= 4 is 11.6 Å². The van der Waals surface area contributed by atoms with Crippen LogP contribution in [0.2, 0.25) is 0 Å². The van der Waals surface area contributed by atoms with Crippen molar-refractivity contribution in [3.63, 3.8) is 0 Å². The summed E-state index contributed by atoms with van der Waals surface area (Å²) >= 11 is 0. The molecule has 4 heteroatoms. The molecule has 0 radical (unpaired) electrons. The fraction of sp³-hybridized carbons (Fsp3) is 0.182. The number of amides is 1. The Morgan fingerprint density at radius 2 is 2.27 bits per heavy atom. The van der Waals surface area contributed by atoms with E-state index in [9.17, 15) is 4.79 Å². The van der Waals surface area contributed by atoms with Crippen LogP contribution in [0.15, 0.2) is 18.2 Å². The average molecular weight is 204 g/mol. The van der Waals surface area contributed by atoms with Crippen LogP contribution in [0.5, 0.6) is 5.75 Å². The first-order valence-corrected chi connectivity index (χ1v) is 4.34. The standard InChI is InChI=1S/C11H12N2O2/c1-15-10-7-8(5-6-9(10)12)3-2-4-11(13)14/h5-7H,4,12H2,1H3,(H2,13,14). The van der Waals surface area contributed by atoms with Gasteiger partial charge < -0.3 is 16.2 Å². The topological polar surface area (TPSA) is 78.3 Å². The predicted molar refractivity (Wildman–Crippen MR) is 58.1 cm³/mol. The minimum Gasteiger partial charge on any atom is -0.495 e. The average Bonchev–Trinajstić information content (AvgIpc) is 2.20. The zero-order valence-corrected chi connectivity index (χ0v) is 8.41. The molecule has 0 aliphatic rings. The van der Waals surface area contributed by atoms with Gasteiger partial charge in [-0.3, -0.25) is 4.79 Å². The van der Waals surface area contributed by atoms with E-state index >= 15 is 0 Å². The lowest BCUT2D eigenvalue weighted by Gasteiger charge is -2.03. The van der Waals surface area contributed by atoms with Crippen LogP contribution in [0.3, 0.4) is 0 Å². The van der Waals surface area contributed by atoms with Crippen LogP contribution in [0.25, 0.3) is 0 Å². The fourth-order valence-corrected chi connectivity index (χ4v) is 1.02. The molecule has 1 amide bonds. The first-order chi connectivity index (χ1) is 7.13. The van der Waals surface area contributed by atoms with E-state index in [1.165, 1.54) is 7.11 Å². The molecule has 0 aliphatic carbocycles. The lowest BCUT2D eigenvalue weighted by molar-refractivity contribution is -0.117. The van der Waals surface area contributed by atoms with Crippen LogP contribution in [0.4, 0.5) is 5.69 Å². The molecule has 0 saturated carbocycles. The van der Waals surface area contributed by atoms with Gasteiger partial charge in [0.15, 0.2) is 0 Å². The van der Waals surface area contributed by atoms with Crippen LogP contribution in [0, 0.1) is 11.8 Å². The number of ether oxygens (including phenoxy) is 1. The first kappa shape index (κ1) is 10.9. The van der Waals surface area contributed by atoms with Gasteiger partial charge in [-0.05, 0) is 18.2 Å². The zero-order chi connectivity index (χ0) is 11.3. The van der Waals surface area contributed by atoms with Crippen molar-refractivity contribution < 1.29 is 9.53 Å². The number of carbonyl (C=O) groups excluding carboxylic acids is 1. The molecule has 78 valence electrons. The number of carbonyl (C=O) groups is 1. The highest BCUT2D eigenvalue weighted by Crippen LogP contribution is 2.21. The molecule has 1 aromatic rings. The van der Waals surface area contributed by atoms with Gasteiger partial charge in [0.1, 0.15) is 5.75 Å². The smallest absolute Gasteiger partial charge is 0.229 e. The number of benzene rings is 1. The predicted octanol–water partition coefficient (Wildman–Crippen LogP) is 0.504. The van der Waals surface area contributed by atoms with Crippen LogP contribution in [-0.4, -0.2) is 13.0 Å². The Balaban J connectivity index is 2.85. The van der Waals surface area contributed by atoms with E-state index in [0.29, 0.717) is 11.4 Å². The molecule has 0 unspecified atom stereocenters. The van der Waals surface area contributed by atoms with Gasteiger partial charge >= 0.3 is 0 Å². The maximum absolute atomic E-state index is 10.4. The van der Waals surface area contributed by atoms with Gasteiger partial charge in [-0.15, -0.1) is 0 Å². The highest BCUT2D eigenvalue weighted by Gasteiger charge is 1.98. The Bertz CT molecular complexity index is 430. The number of methoxy groups -OCH3 is 1. The van der Waals surface area contributed by atoms with Crippen molar-refractivity contribution in [2.75, 3.05) is 12.8 Å². The van der Waals surface area contributed by atoms with Gasteiger partial charge in [-0.25, -0.2) is 0 Å². The molecule has 0 saturated heterocycles. The summed E-state index contributed by atoms with van der Waals surface area (Å²) in [7, 11) is 1.53. The van der Waals surface area contributed by atoms with E-state index < -0.39 is 5.91 Å². The second-order valence-corrected chi connectivity index (χ2v) is 2.90. The molecule has 0 aliphatic heterocycles. The number of hydrogen-bond donors (Lipinski definition) is 2. The van der Waals surface area contributed by atoms with Gasteiger partial charge in [0.2, 0.25) is 5.91 Å². The molecule has 0 atom stereocenters. The molecule has 0 heterocycles. The van der Waals surface area contributed by atoms with Crippen molar-refractivity contribution in [1.29, 1.82) is 0 Å². The number of hydrogen-bond acceptors (Lipinski definition) is 3. The molecule has 4 N–H and O–H groups in total. The molecule has 1 aromatic carbocycles. The molecule has 0 bridgehead atoms. The van der Waals surface area contributed by atoms with Gasteiger partial charge in [0, 0.05) is 5.56 Å². The summed E-state index contributed by atoms with van der Waals surface area (Å²) in [5.74, 6) is 5.57. The van der Waals surface area contributed by atoms with E-state index in [-0.39, 0.29) is 6.42 Å². The van der Waals surface area contributed by atoms with E-state index in [0.717, 1.165) is 5.56 Å². The van der Waals surface area contributed by atoms with E-state index in [4.69, 9.17) is 16.2 Å². The molecule has 0 spiro atoms. The molecular formula is C11H12N2O2. The van der Waals surface area contributed by atoms with Crippen molar-refractivity contribution in [3.05, 3.63) is 23.8 Å². The Morgan fingerprint density at radius 1 is 1.53 bits per heavy atom. The normalized spacial score (nSPS) is 8.87. The molecule has 4 nitrogen and oxygen atoms in total. The quantitative estimate of drug-likeness (QED) is 0.544. The number of nitrogen functional groups attached to an aromatic ring is 1. The maximum Gasteiger partial charge on any atom is 0.229 e. The molecule has 1 rings (SSSR count). The lowest BCUT2D eigenvalue weighted by Crippen LogP contribution is -2.08. The number of rotatable bonds is 2. The number of anilines is 1. The third kappa shape index (κ3) is 3.24. The molecule has 0 fully saturated rings. The van der Waals surface area contributed by atoms with Crippen LogP contribution < -0.4 is 16.2 Å². The number of primary amides is 1. The molecular weight excluding hydrogens is 192 g/mol. The van der Waals surface area contributed by atoms with E-state index in [2.05, 4.69) is 11.8 Å². The summed E-state index contributed by atoms with van der Waals surface area (Å²) in [6.07, 6.45) is 0.0483. The highest BCUT2D eigenvalue weighted by atomic mass is 16.5. The van der Waals surface area contributed by atoms with Gasteiger partial charge in [0.05, 0.1) is 19.2 Å². The molecule has 0 aromatic heterocycles. The SMILES string of the molecule is COc1cc(C#CCC(N)=O)ccc1N. The highest BCUT2D eigenvalue weighted by molar-refractivity contribution is 5.76. The minimum absolute atomic E-state index is 0.0483. The monoisotopic (exact) mass is 204 g/mol. The van der Waals surface area contributed by atoms with Crippen LogP contribution >= 0.6 is 0 Å². The molecule has 15 heavy (non-hydrogen) atoms. The Kier molecular flexibility index (Phi) is 3.58. The van der Waals surface area contributed by atoms with Crippen LogP contribution in [0.1, 0.15) is 12.0 Å². The second-order valence-electron chi connectivity index (χ2n) is 2.90. The van der Waals surface area contributed by atoms with Crippen molar-refractivity contribution in [2.45, 2.75) is 6.42 Å². The van der Waals surface area contributed by atoms with Gasteiger partial charge in [-0.2, -0.15) is 0 Å². The Hall–Kier alpha value is -2.15. The summed E-state index contributed by atoms with van der Waals surface area (Å²) < 4.78 is 5.03. The van der Waals surface area contributed by atoms with E-state index in [1.54, 1.807) is 18.2 Å². The summed E-state index contributed by atoms with van der Waals surface area (Å²) in [6, 6.07) is 5.17. The minimum atomic E-state index is -0.440. The third-order valence-electron chi connectivity index (χ3n) is 1.73. The van der Waals surface area contributed by atoms with Crippen molar-refractivity contribution in [3.8, 4) is 17.6 Å². The fourth-order valence-electron chi connectivity index (χ4n) is 1.02. The zero-order valence-electron chi connectivity index (χ0n) is 8.41. The summed E-state index contributed by atoms with van der Waals surface area (Å²) in [5.41, 5.74) is 11.9. The summed E-state index contributed by atoms with van der Waals surface area (Å²) in [5, 5.41) is 0. The maximum atomic E-state index is 10.4. The summed E-state index contributed by atoms with van der Waals surface area (Å²) in [6.45, 7) is 0. The number of nitrogens with two attached hydrogens (primary N) is 2. The third-order valence-corrected chi connectivity index (χ3v) is 1.73. The van der Waals surface area contributed by atoms with Gasteiger partial charge in [0.25, 0.3) is 0 Å². The summed E-state index contributed by atoms with van der Waals surface area (Å²) in [4.78, 5) is 10.4.